The summed E-state index contributed by atoms with van der Waals surface area (Å²) < 4.78 is 3.32. The van der Waals surface area contributed by atoms with Gasteiger partial charge in [0.15, 0.2) is 0 Å². The Morgan fingerprint density at radius 2 is 2.32 bits per heavy atom. The van der Waals surface area contributed by atoms with E-state index in [0.717, 1.165) is 30.5 Å². The van der Waals surface area contributed by atoms with E-state index < -0.39 is 0 Å². The second kappa shape index (κ2) is 5.72. The highest BCUT2D eigenvalue weighted by atomic mass is 79.9. The minimum Gasteiger partial charge on any atom is -0.326 e. The number of nitrogens with one attached hydrogen (secondary N) is 1. The van der Waals surface area contributed by atoms with Gasteiger partial charge >= 0.3 is 0 Å². The van der Waals surface area contributed by atoms with Crippen LogP contribution in [0.25, 0.3) is 11.3 Å². The fraction of sp³-hybridized carbons (Fsp3) is 0.267. The Morgan fingerprint density at radius 1 is 1.37 bits per heavy atom. The molecule has 1 aliphatic rings. The fourth-order valence-corrected chi connectivity index (χ4v) is 2.77. The highest BCUT2D eigenvalue weighted by Gasteiger charge is 2.09. The smallest absolute Gasteiger partial charge is 0.0954 e. The van der Waals surface area contributed by atoms with Crippen LogP contribution in [0.1, 0.15) is 6.42 Å². The molecule has 0 spiro atoms. The molecule has 1 N–H and O–H groups in total. The molecule has 2 heterocycles. The third-order valence-electron chi connectivity index (χ3n) is 3.36. The van der Waals surface area contributed by atoms with Crippen LogP contribution in [0, 0.1) is 0 Å². The van der Waals surface area contributed by atoms with E-state index in [2.05, 4.69) is 55.1 Å². The minimum atomic E-state index is 0.934. The van der Waals surface area contributed by atoms with E-state index in [1.54, 1.807) is 0 Å². The maximum absolute atomic E-state index is 4.30. The third-order valence-corrected chi connectivity index (χ3v) is 3.86. The van der Waals surface area contributed by atoms with E-state index >= 15 is 0 Å². The molecule has 98 valence electrons. The molecule has 0 bridgehead atoms. The maximum Gasteiger partial charge on any atom is 0.0954 e. The Morgan fingerprint density at radius 3 is 3.11 bits per heavy atom. The van der Waals surface area contributed by atoms with Gasteiger partial charge in [0.2, 0.25) is 0 Å². The lowest BCUT2D eigenvalue weighted by Crippen LogP contribution is -2.22. The largest absolute Gasteiger partial charge is 0.326 e. The Balaban J connectivity index is 1.88. The van der Waals surface area contributed by atoms with Gasteiger partial charge < -0.3 is 9.88 Å². The van der Waals surface area contributed by atoms with Crippen molar-refractivity contribution in [2.45, 2.75) is 13.0 Å². The lowest BCUT2D eigenvalue weighted by atomic mass is 10.1. The van der Waals surface area contributed by atoms with Gasteiger partial charge in [0.25, 0.3) is 0 Å². The molecule has 3 nitrogen and oxygen atoms in total. The first-order valence-electron chi connectivity index (χ1n) is 6.47. The fourth-order valence-electron chi connectivity index (χ4n) is 2.37. The van der Waals surface area contributed by atoms with Crippen molar-refractivity contribution in [3.05, 3.63) is 52.9 Å². The van der Waals surface area contributed by atoms with Crippen molar-refractivity contribution < 1.29 is 0 Å². The molecule has 0 atom stereocenters. The van der Waals surface area contributed by atoms with Crippen molar-refractivity contribution in [1.29, 1.82) is 0 Å². The molecule has 0 saturated heterocycles. The molecule has 0 fully saturated rings. The first-order chi connectivity index (χ1) is 9.33. The number of rotatable bonds is 3. The predicted molar refractivity (Wildman–Crippen MR) is 80.9 cm³/mol. The van der Waals surface area contributed by atoms with Crippen molar-refractivity contribution in [2.24, 2.45) is 0 Å². The van der Waals surface area contributed by atoms with Crippen LogP contribution in [0.3, 0.4) is 0 Å². The molecular weight excluding hydrogens is 302 g/mol. The van der Waals surface area contributed by atoms with Crippen LogP contribution in [0.2, 0.25) is 0 Å². The lowest BCUT2D eigenvalue weighted by Gasteiger charge is -2.16. The molecule has 19 heavy (non-hydrogen) atoms. The van der Waals surface area contributed by atoms with Crippen LogP contribution in [0.4, 0.5) is 0 Å². The van der Waals surface area contributed by atoms with E-state index in [4.69, 9.17) is 0 Å². The Kier molecular flexibility index (Phi) is 3.80. The Labute approximate surface area is 121 Å². The van der Waals surface area contributed by atoms with Crippen LogP contribution < -0.4 is 5.32 Å². The zero-order chi connectivity index (χ0) is 13.1. The van der Waals surface area contributed by atoms with E-state index in [1.165, 1.54) is 16.8 Å². The second-order valence-electron chi connectivity index (χ2n) is 4.73. The number of halogens is 1. The molecule has 0 unspecified atom stereocenters. The van der Waals surface area contributed by atoms with Crippen molar-refractivity contribution in [1.82, 2.24) is 14.9 Å². The summed E-state index contributed by atoms with van der Waals surface area (Å²) in [5.41, 5.74) is 3.84. The molecule has 0 amide bonds. The molecule has 0 saturated carbocycles. The first kappa shape index (κ1) is 12.6. The predicted octanol–water partition coefficient (Wildman–Crippen LogP) is 3.23. The Bertz CT molecular complexity index is 601. The highest BCUT2D eigenvalue weighted by Crippen LogP contribution is 2.23. The average Bonchev–Trinajstić information content (AvgIpc) is 2.88. The van der Waals surface area contributed by atoms with Gasteiger partial charge in [0.05, 0.1) is 18.2 Å². The summed E-state index contributed by atoms with van der Waals surface area (Å²) in [4.78, 5) is 4.30. The number of benzene rings is 1. The van der Waals surface area contributed by atoms with Gasteiger partial charge in [-0.3, -0.25) is 0 Å². The van der Waals surface area contributed by atoms with Gasteiger partial charge in [0.1, 0.15) is 0 Å². The van der Waals surface area contributed by atoms with Crippen molar-refractivity contribution in [2.75, 3.05) is 13.1 Å². The molecule has 3 rings (SSSR count). The summed E-state index contributed by atoms with van der Waals surface area (Å²) in [7, 11) is 0. The Hall–Kier alpha value is -1.39. The standard InChI is InChI=1S/C15H16BrN3/c16-14-3-1-2-13(8-14)15-9-18-11-19(15)10-12-4-6-17-7-5-12/h1-4,8-9,11,17H,5-7,10H2. The number of imidazole rings is 1. The normalized spacial score (nSPS) is 15.3. The molecule has 0 radical (unpaired) electrons. The summed E-state index contributed by atoms with van der Waals surface area (Å²) in [5, 5.41) is 3.34. The van der Waals surface area contributed by atoms with Gasteiger partial charge in [0, 0.05) is 23.1 Å². The van der Waals surface area contributed by atoms with Crippen molar-refractivity contribution in [3.63, 3.8) is 0 Å². The summed E-state index contributed by atoms with van der Waals surface area (Å²) >= 11 is 3.52. The monoisotopic (exact) mass is 317 g/mol. The van der Waals surface area contributed by atoms with Gasteiger partial charge in [-0.1, -0.05) is 39.7 Å². The summed E-state index contributed by atoms with van der Waals surface area (Å²) in [6, 6.07) is 8.35. The molecule has 1 aromatic heterocycles. The van der Waals surface area contributed by atoms with Crippen LogP contribution >= 0.6 is 15.9 Å². The zero-order valence-electron chi connectivity index (χ0n) is 10.6. The third kappa shape index (κ3) is 2.96. The highest BCUT2D eigenvalue weighted by molar-refractivity contribution is 9.10. The number of nitrogens with zero attached hydrogens (tertiary/aromatic N) is 2. The van der Waals surface area contributed by atoms with Crippen molar-refractivity contribution >= 4 is 15.9 Å². The molecule has 0 aliphatic carbocycles. The topological polar surface area (TPSA) is 29.9 Å². The minimum absolute atomic E-state index is 0.934. The van der Waals surface area contributed by atoms with Gasteiger partial charge in [-0.2, -0.15) is 0 Å². The van der Waals surface area contributed by atoms with Gasteiger partial charge in [-0.15, -0.1) is 0 Å². The number of aromatic nitrogens is 2. The second-order valence-corrected chi connectivity index (χ2v) is 5.65. The van der Waals surface area contributed by atoms with E-state index in [-0.39, 0.29) is 0 Å². The first-order valence-corrected chi connectivity index (χ1v) is 7.27. The zero-order valence-corrected chi connectivity index (χ0v) is 12.2. The summed E-state index contributed by atoms with van der Waals surface area (Å²) in [5.74, 6) is 0. The van der Waals surface area contributed by atoms with Gasteiger partial charge in [-0.05, 0) is 25.1 Å². The van der Waals surface area contributed by atoms with Crippen LogP contribution in [0.5, 0.6) is 0 Å². The average molecular weight is 318 g/mol. The van der Waals surface area contributed by atoms with E-state index in [0.29, 0.717) is 0 Å². The lowest BCUT2D eigenvalue weighted by molar-refractivity contribution is 0.652. The molecular formula is C15H16BrN3. The van der Waals surface area contributed by atoms with Crippen molar-refractivity contribution in [3.8, 4) is 11.3 Å². The number of hydrogen-bond donors (Lipinski definition) is 1. The summed E-state index contributed by atoms with van der Waals surface area (Å²) in [6.45, 7) is 2.99. The molecule has 2 aromatic rings. The summed E-state index contributed by atoms with van der Waals surface area (Å²) in [6.07, 6.45) is 7.26. The van der Waals surface area contributed by atoms with E-state index in [9.17, 15) is 0 Å². The van der Waals surface area contributed by atoms with Crippen LogP contribution in [-0.4, -0.2) is 22.6 Å². The van der Waals surface area contributed by atoms with Crippen LogP contribution in [0.15, 0.2) is 52.9 Å². The molecule has 1 aliphatic heterocycles. The van der Waals surface area contributed by atoms with Gasteiger partial charge in [-0.25, -0.2) is 4.98 Å². The molecule has 1 aromatic carbocycles. The maximum atomic E-state index is 4.30. The molecule has 4 heteroatoms. The van der Waals surface area contributed by atoms with E-state index in [1.807, 2.05) is 18.6 Å². The number of hydrogen-bond acceptors (Lipinski definition) is 2. The SMILES string of the molecule is Brc1cccc(-c2cncn2CC2=CCNCC2)c1. The quantitative estimate of drug-likeness (QED) is 0.881. The van der Waals surface area contributed by atoms with Crippen LogP contribution in [-0.2, 0) is 6.54 Å².